The van der Waals surface area contributed by atoms with Gasteiger partial charge < -0.3 is 26.6 Å². The number of piperidine rings is 1. The van der Waals surface area contributed by atoms with E-state index in [-0.39, 0.29) is 24.3 Å². The highest BCUT2D eigenvalue weighted by Crippen LogP contribution is 2.37. The van der Waals surface area contributed by atoms with Gasteiger partial charge in [0.1, 0.15) is 12.1 Å². The summed E-state index contributed by atoms with van der Waals surface area (Å²) in [6.07, 6.45) is 3.04. The van der Waals surface area contributed by atoms with E-state index in [1.54, 1.807) is 4.90 Å². The van der Waals surface area contributed by atoms with Crippen molar-refractivity contribution in [2.45, 2.75) is 63.5 Å². The van der Waals surface area contributed by atoms with Crippen LogP contribution >= 0.6 is 0 Å². The fourth-order valence-corrected chi connectivity index (χ4v) is 5.06. The van der Waals surface area contributed by atoms with Gasteiger partial charge in [0, 0.05) is 6.54 Å². The Hall–Kier alpha value is -2.94. The molecule has 2 aliphatic heterocycles. The average molecular weight is 472 g/mol. The Morgan fingerprint density at radius 1 is 1.15 bits per heavy atom. The third-order valence-electron chi connectivity index (χ3n) is 6.79. The van der Waals surface area contributed by atoms with Gasteiger partial charge in [0.25, 0.3) is 0 Å². The fourth-order valence-electron chi connectivity index (χ4n) is 5.06. The summed E-state index contributed by atoms with van der Waals surface area (Å²) in [5.41, 5.74) is 5.46. The summed E-state index contributed by atoms with van der Waals surface area (Å²) in [7, 11) is 0. The summed E-state index contributed by atoms with van der Waals surface area (Å²) in [5, 5.41) is 8.66. The van der Waals surface area contributed by atoms with Gasteiger partial charge in [-0.1, -0.05) is 44.2 Å². The van der Waals surface area contributed by atoms with Crippen LogP contribution in [-0.2, 0) is 24.6 Å². The number of benzene rings is 1. The maximum Gasteiger partial charge on any atom is 0.243 e. The summed E-state index contributed by atoms with van der Waals surface area (Å²) >= 11 is 0. The lowest BCUT2D eigenvalue weighted by Crippen LogP contribution is -2.58. The van der Waals surface area contributed by atoms with Crippen LogP contribution in [0.5, 0.6) is 0 Å². The molecule has 9 heteroatoms. The first-order valence-electron chi connectivity index (χ1n) is 12.2. The maximum absolute atomic E-state index is 14.0. The van der Waals surface area contributed by atoms with Crippen LogP contribution in [0, 0.1) is 5.92 Å². The average Bonchev–Trinajstić information content (AvgIpc) is 3.32. The number of hydrogen-bond donors (Lipinski definition) is 4. The molecule has 4 amide bonds. The summed E-state index contributed by atoms with van der Waals surface area (Å²) < 4.78 is 0. The molecule has 186 valence electrons. The normalized spacial score (nSPS) is 20.6. The highest BCUT2D eigenvalue weighted by atomic mass is 16.2. The van der Waals surface area contributed by atoms with Crippen LogP contribution < -0.4 is 21.7 Å². The van der Waals surface area contributed by atoms with Crippen molar-refractivity contribution in [2.75, 3.05) is 26.2 Å². The number of carbonyl (C=O) groups is 4. The molecule has 34 heavy (non-hydrogen) atoms. The molecule has 2 fully saturated rings. The van der Waals surface area contributed by atoms with Gasteiger partial charge in [-0.25, -0.2) is 0 Å². The van der Waals surface area contributed by atoms with E-state index in [0.29, 0.717) is 32.2 Å². The van der Waals surface area contributed by atoms with Crippen LogP contribution in [0.2, 0.25) is 0 Å². The van der Waals surface area contributed by atoms with E-state index in [1.165, 1.54) is 0 Å². The fraction of sp³-hybridized carbons (Fsp3) is 0.600. The van der Waals surface area contributed by atoms with Gasteiger partial charge in [-0.15, -0.1) is 0 Å². The molecule has 2 unspecified atom stereocenters. The quantitative estimate of drug-likeness (QED) is 0.415. The molecule has 2 heterocycles. The van der Waals surface area contributed by atoms with Crippen molar-refractivity contribution in [1.29, 1.82) is 0 Å². The second-order valence-corrected chi connectivity index (χ2v) is 9.73. The van der Waals surface area contributed by atoms with Crippen molar-refractivity contribution < 1.29 is 19.2 Å². The lowest BCUT2D eigenvalue weighted by atomic mass is 9.72. The van der Waals surface area contributed by atoms with Crippen LogP contribution in [0.3, 0.4) is 0 Å². The van der Waals surface area contributed by atoms with E-state index >= 15 is 0 Å². The van der Waals surface area contributed by atoms with Crippen molar-refractivity contribution in [1.82, 2.24) is 20.9 Å². The number of likely N-dealkylation sites (tertiary alicyclic amines) is 1. The Bertz CT molecular complexity index is 883. The summed E-state index contributed by atoms with van der Waals surface area (Å²) in [4.78, 5) is 52.7. The van der Waals surface area contributed by atoms with Crippen LogP contribution in [0.25, 0.3) is 0 Å². The third kappa shape index (κ3) is 5.94. The maximum atomic E-state index is 14.0. The molecule has 0 radical (unpaired) electrons. The van der Waals surface area contributed by atoms with Gasteiger partial charge >= 0.3 is 0 Å². The predicted octanol–water partition coefficient (Wildman–Crippen LogP) is 0.431. The first-order chi connectivity index (χ1) is 16.2. The second-order valence-electron chi connectivity index (χ2n) is 9.73. The molecular formula is C25H37N5O4. The van der Waals surface area contributed by atoms with E-state index in [1.807, 2.05) is 44.2 Å². The first-order valence-corrected chi connectivity index (χ1v) is 12.2. The van der Waals surface area contributed by atoms with Crippen LogP contribution in [0.1, 0.15) is 51.5 Å². The highest BCUT2D eigenvalue weighted by Gasteiger charge is 2.47. The van der Waals surface area contributed by atoms with Crippen molar-refractivity contribution >= 4 is 23.6 Å². The van der Waals surface area contributed by atoms with Crippen molar-refractivity contribution in [3.63, 3.8) is 0 Å². The van der Waals surface area contributed by atoms with Gasteiger partial charge in [0.05, 0.1) is 12.0 Å². The van der Waals surface area contributed by atoms with Crippen molar-refractivity contribution in [2.24, 2.45) is 11.7 Å². The number of primary amides is 1. The molecule has 0 aliphatic carbocycles. The zero-order valence-corrected chi connectivity index (χ0v) is 20.1. The Morgan fingerprint density at radius 2 is 1.82 bits per heavy atom. The lowest BCUT2D eigenvalue weighted by molar-refractivity contribution is -0.144. The summed E-state index contributed by atoms with van der Waals surface area (Å²) in [5.74, 6) is -1.30. The van der Waals surface area contributed by atoms with Gasteiger partial charge in [-0.3, -0.25) is 19.2 Å². The van der Waals surface area contributed by atoms with Crippen LogP contribution in [0.15, 0.2) is 30.3 Å². The minimum atomic E-state index is -0.800. The van der Waals surface area contributed by atoms with Crippen molar-refractivity contribution in [3.8, 4) is 0 Å². The third-order valence-corrected chi connectivity index (χ3v) is 6.79. The monoisotopic (exact) mass is 471 g/mol. The molecule has 0 bridgehead atoms. The standard InChI is InChI=1S/C25H37N5O4/c1-17(2)15-19(22(32)28-16-21(26)31)29-23(33)20-9-6-14-30(20)24(34)25(10-12-27-13-11-25)18-7-4-3-5-8-18/h3-5,7-8,17,19-20,27H,6,9-16H2,1-2H3,(H2,26,31)(H,28,32)(H,29,33). The Labute approximate surface area is 201 Å². The molecule has 0 spiro atoms. The number of rotatable bonds is 9. The zero-order chi connectivity index (χ0) is 24.7. The summed E-state index contributed by atoms with van der Waals surface area (Å²) in [6.45, 7) is 5.61. The molecule has 9 nitrogen and oxygen atoms in total. The van der Waals surface area contributed by atoms with E-state index in [2.05, 4.69) is 16.0 Å². The SMILES string of the molecule is CC(C)CC(NC(=O)C1CCCN1C(=O)C1(c2ccccc2)CCNCC1)C(=O)NCC(N)=O. The largest absolute Gasteiger partial charge is 0.368 e. The first kappa shape index (κ1) is 25.7. The van der Waals surface area contributed by atoms with Gasteiger partial charge in [-0.05, 0) is 56.7 Å². The number of hydrogen-bond acceptors (Lipinski definition) is 5. The van der Waals surface area contributed by atoms with Gasteiger partial charge in [0.15, 0.2) is 0 Å². The van der Waals surface area contributed by atoms with Gasteiger partial charge in [0.2, 0.25) is 23.6 Å². The number of carbonyl (C=O) groups excluding carboxylic acids is 4. The smallest absolute Gasteiger partial charge is 0.243 e. The summed E-state index contributed by atoms with van der Waals surface area (Å²) in [6, 6.07) is 8.40. The molecule has 0 aromatic heterocycles. The molecule has 2 aliphatic rings. The number of nitrogens with zero attached hydrogens (tertiary/aromatic N) is 1. The molecular weight excluding hydrogens is 434 g/mol. The topological polar surface area (TPSA) is 134 Å². The molecule has 5 N–H and O–H groups in total. The van der Waals surface area contributed by atoms with Crippen molar-refractivity contribution in [3.05, 3.63) is 35.9 Å². The van der Waals surface area contributed by atoms with Crippen LogP contribution in [0.4, 0.5) is 0 Å². The Morgan fingerprint density at radius 3 is 2.44 bits per heavy atom. The zero-order valence-electron chi connectivity index (χ0n) is 20.1. The van der Waals surface area contributed by atoms with E-state index in [9.17, 15) is 19.2 Å². The number of amides is 4. The number of nitrogens with two attached hydrogens (primary N) is 1. The van der Waals surface area contributed by atoms with E-state index in [4.69, 9.17) is 5.73 Å². The molecule has 1 aromatic rings. The molecule has 3 rings (SSSR count). The minimum absolute atomic E-state index is 0.0172. The van der Waals surface area contributed by atoms with Crippen LogP contribution in [-0.4, -0.2) is 66.8 Å². The second kappa shape index (κ2) is 11.5. The predicted molar refractivity (Wildman–Crippen MR) is 129 cm³/mol. The van der Waals surface area contributed by atoms with E-state index in [0.717, 1.165) is 25.1 Å². The molecule has 2 saturated heterocycles. The minimum Gasteiger partial charge on any atom is -0.368 e. The van der Waals surface area contributed by atoms with E-state index < -0.39 is 29.3 Å². The Kier molecular flexibility index (Phi) is 8.66. The molecule has 1 aromatic carbocycles. The molecule has 2 atom stereocenters. The van der Waals surface area contributed by atoms with Gasteiger partial charge in [-0.2, -0.15) is 0 Å². The molecule has 0 saturated carbocycles. The Balaban J connectivity index is 1.78. The highest BCUT2D eigenvalue weighted by molar-refractivity contribution is 5.96. The number of nitrogens with one attached hydrogen (secondary N) is 3. The lowest BCUT2D eigenvalue weighted by Gasteiger charge is -2.41.